The van der Waals surface area contributed by atoms with Gasteiger partial charge in [0.15, 0.2) is 11.5 Å². The first-order chi connectivity index (χ1) is 8.83. The van der Waals surface area contributed by atoms with Crippen molar-refractivity contribution in [1.29, 1.82) is 0 Å². The Morgan fingerprint density at radius 1 is 1.06 bits per heavy atom. The van der Waals surface area contributed by atoms with Crippen molar-refractivity contribution in [1.82, 2.24) is 0 Å². The highest BCUT2D eigenvalue weighted by molar-refractivity contribution is 5.46. The van der Waals surface area contributed by atoms with Crippen molar-refractivity contribution in [2.24, 2.45) is 0 Å². The van der Waals surface area contributed by atoms with E-state index in [-0.39, 0.29) is 6.61 Å². The smallest absolute Gasteiger partial charge is 0.166 e. The summed E-state index contributed by atoms with van der Waals surface area (Å²) in [5.41, 5.74) is 0.733. The summed E-state index contributed by atoms with van der Waals surface area (Å²) >= 11 is 0. The third kappa shape index (κ3) is 4.55. The van der Waals surface area contributed by atoms with Crippen molar-refractivity contribution in [3.05, 3.63) is 23.8 Å². The number of benzene rings is 1. The van der Waals surface area contributed by atoms with Gasteiger partial charge in [-0.25, -0.2) is 0 Å². The molecule has 0 atom stereocenters. The van der Waals surface area contributed by atoms with Crippen LogP contribution in [0.1, 0.15) is 25.8 Å². The van der Waals surface area contributed by atoms with E-state index in [9.17, 15) is 5.11 Å². The molecule has 0 spiro atoms. The van der Waals surface area contributed by atoms with Gasteiger partial charge in [-0.05, 0) is 19.4 Å². The van der Waals surface area contributed by atoms with Gasteiger partial charge in [0.25, 0.3) is 0 Å². The fourth-order valence-electron chi connectivity index (χ4n) is 1.57. The molecule has 0 aromatic heterocycles. The zero-order valence-corrected chi connectivity index (χ0v) is 11.1. The van der Waals surface area contributed by atoms with Crippen LogP contribution < -0.4 is 9.47 Å². The van der Waals surface area contributed by atoms with Gasteiger partial charge in [0.2, 0.25) is 0 Å². The van der Waals surface area contributed by atoms with E-state index in [4.69, 9.17) is 14.2 Å². The Morgan fingerprint density at radius 2 is 1.89 bits per heavy atom. The van der Waals surface area contributed by atoms with Crippen LogP contribution in [0.2, 0.25) is 0 Å². The molecule has 1 aromatic rings. The SMILES string of the molecule is CCCOCCOc1c(CO)cccc1OCC. The van der Waals surface area contributed by atoms with Crippen LogP contribution in [0.3, 0.4) is 0 Å². The molecule has 0 saturated heterocycles. The molecule has 1 N–H and O–H groups in total. The summed E-state index contributed by atoms with van der Waals surface area (Å²) in [6.45, 7) is 6.22. The van der Waals surface area contributed by atoms with Gasteiger partial charge in [0.05, 0.1) is 19.8 Å². The normalized spacial score (nSPS) is 10.4. The predicted molar refractivity (Wildman–Crippen MR) is 70.1 cm³/mol. The minimum Gasteiger partial charge on any atom is -0.490 e. The Hall–Kier alpha value is -1.26. The molecule has 4 nitrogen and oxygen atoms in total. The second-order valence-corrected chi connectivity index (χ2v) is 3.80. The maximum atomic E-state index is 9.29. The van der Waals surface area contributed by atoms with Crippen LogP contribution in [0.15, 0.2) is 18.2 Å². The van der Waals surface area contributed by atoms with Gasteiger partial charge in [0.1, 0.15) is 6.61 Å². The highest BCUT2D eigenvalue weighted by atomic mass is 16.5. The number of para-hydroxylation sites is 1. The number of aliphatic hydroxyl groups excluding tert-OH is 1. The van der Waals surface area contributed by atoms with E-state index in [1.807, 2.05) is 25.1 Å². The molecule has 0 bridgehead atoms. The van der Waals surface area contributed by atoms with E-state index in [0.717, 1.165) is 18.6 Å². The van der Waals surface area contributed by atoms with E-state index in [1.165, 1.54) is 0 Å². The van der Waals surface area contributed by atoms with Crippen molar-refractivity contribution < 1.29 is 19.3 Å². The van der Waals surface area contributed by atoms with Gasteiger partial charge >= 0.3 is 0 Å². The molecule has 0 fully saturated rings. The maximum Gasteiger partial charge on any atom is 0.166 e. The molecule has 1 aromatic carbocycles. The fourth-order valence-corrected chi connectivity index (χ4v) is 1.57. The van der Waals surface area contributed by atoms with Crippen LogP contribution in [0.5, 0.6) is 11.5 Å². The van der Waals surface area contributed by atoms with Crippen LogP contribution in [-0.4, -0.2) is 31.5 Å². The summed E-state index contributed by atoms with van der Waals surface area (Å²) in [5, 5.41) is 9.29. The molecule has 0 unspecified atom stereocenters. The number of hydrogen-bond donors (Lipinski definition) is 1. The fraction of sp³-hybridized carbons (Fsp3) is 0.571. The Morgan fingerprint density at radius 3 is 2.56 bits per heavy atom. The molecule has 18 heavy (non-hydrogen) atoms. The number of rotatable bonds is 9. The van der Waals surface area contributed by atoms with Crippen LogP contribution in [0.4, 0.5) is 0 Å². The Bertz CT molecular complexity index is 339. The molecule has 0 aliphatic heterocycles. The van der Waals surface area contributed by atoms with Crippen molar-refractivity contribution in [3.8, 4) is 11.5 Å². The van der Waals surface area contributed by atoms with Gasteiger partial charge in [-0.2, -0.15) is 0 Å². The van der Waals surface area contributed by atoms with E-state index >= 15 is 0 Å². The van der Waals surface area contributed by atoms with E-state index in [0.29, 0.717) is 31.3 Å². The molecule has 102 valence electrons. The first-order valence-corrected chi connectivity index (χ1v) is 6.39. The summed E-state index contributed by atoms with van der Waals surface area (Å²) in [7, 11) is 0. The monoisotopic (exact) mass is 254 g/mol. The third-order valence-corrected chi connectivity index (χ3v) is 2.35. The summed E-state index contributed by atoms with van der Waals surface area (Å²) < 4.78 is 16.5. The number of aliphatic hydroxyl groups is 1. The largest absolute Gasteiger partial charge is 0.490 e. The molecule has 0 heterocycles. The Balaban J connectivity index is 2.60. The average Bonchev–Trinajstić information content (AvgIpc) is 2.40. The average molecular weight is 254 g/mol. The first-order valence-electron chi connectivity index (χ1n) is 6.39. The van der Waals surface area contributed by atoms with Crippen molar-refractivity contribution in [2.45, 2.75) is 26.9 Å². The van der Waals surface area contributed by atoms with Crippen molar-refractivity contribution in [2.75, 3.05) is 26.4 Å². The third-order valence-electron chi connectivity index (χ3n) is 2.35. The molecule has 0 saturated carbocycles. The summed E-state index contributed by atoms with van der Waals surface area (Å²) in [5.74, 6) is 1.28. The van der Waals surface area contributed by atoms with Crippen molar-refractivity contribution >= 4 is 0 Å². The number of hydrogen-bond acceptors (Lipinski definition) is 4. The van der Waals surface area contributed by atoms with Crippen LogP contribution in [-0.2, 0) is 11.3 Å². The summed E-state index contributed by atoms with van der Waals surface area (Å²) in [4.78, 5) is 0. The van der Waals surface area contributed by atoms with Crippen LogP contribution in [0.25, 0.3) is 0 Å². The second-order valence-electron chi connectivity index (χ2n) is 3.80. The van der Waals surface area contributed by atoms with Gasteiger partial charge in [-0.1, -0.05) is 19.1 Å². The molecule has 0 radical (unpaired) electrons. The molecular formula is C14H22O4. The lowest BCUT2D eigenvalue weighted by molar-refractivity contribution is 0.0981. The lowest BCUT2D eigenvalue weighted by Gasteiger charge is -2.14. The molecule has 0 aliphatic carbocycles. The summed E-state index contributed by atoms with van der Waals surface area (Å²) in [6, 6.07) is 5.51. The van der Waals surface area contributed by atoms with E-state index < -0.39 is 0 Å². The highest BCUT2D eigenvalue weighted by Crippen LogP contribution is 2.31. The standard InChI is InChI=1S/C14H22O4/c1-3-8-16-9-10-18-14-12(11-15)6-5-7-13(14)17-4-2/h5-7,15H,3-4,8-11H2,1-2H3. The Labute approximate surface area is 108 Å². The quantitative estimate of drug-likeness (QED) is 0.687. The first kappa shape index (κ1) is 14.8. The van der Waals surface area contributed by atoms with Crippen LogP contribution >= 0.6 is 0 Å². The van der Waals surface area contributed by atoms with Gasteiger partial charge in [0, 0.05) is 12.2 Å². The van der Waals surface area contributed by atoms with Crippen LogP contribution in [0, 0.1) is 0 Å². The minimum absolute atomic E-state index is 0.0634. The zero-order valence-electron chi connectivity index (χ0n) is 11.1. The molecule has 0 amide bonds. The lowest BCUT2D eigenvalue weighted by Crippen LogP contribution is -2.09. The molecular weight excluding hydrogens is 232 g/mol. The second kappa shape index (κ2) is 8.78. The molecule has 4 heteroatoms. The zero-order chi connectivity index (χ0) is 13.2. The number of ether oxygens (including phenoxy) is 3. The molecule has 1 rings (SSSR count). The topological polar surface area (TPSA) is 47.9 Å². The molecule has 0 aliphatic rings. The predicted octanol–water partition coefficient (Wildman–Crippen LogP) is 2.38. The van der Waals surface area contributed by atoms with Crippen molar-refractivity contribution in [3.63, 3.8) is 0 Å². The maximum absolute atomic E-state index is 9.29. The van der Waals surface area contributed by atoms with E-state index in [1.54, 1.807) is 0 Å². The van der Waals surface area contributed by atoms with Gasteiger partial charge in [-0.15, -0.1) is 0 Å². The minimum atomic E-state index is -0.0634. The van der Waals surface area contributed by atoms with Gasteiger partial charge in [-0.3, -0.25) is 0 Å². The summed E-state index contributed by atoms with van der Waals surface area (Å²) in [6.07, 6.45) is 0.997. The highest BCUT2D eigenvalue weighted by Gasteiger charge is 2.10. The van der Waals surface area contributed by atoms with Gasteiger partial charge < -0.3 is 19.3 Å². The Kier molecular flexibility index (Phi) is 7.22. The van der Waals surface area contributed by atoms with E-state index in [2.05, 4.69) is 6.92 Å². The lowest BCUT2D eigenvalue weighted by atomic mass is 10.2.